The number of amides is 1. The number of halogens is 2. The van der Waals surface area contributed by atoms with Gasteiger partial charge in [0.05, 0.1) is 6.10 Å². The molecule has 1 heterocycles. The number of alkyl halides is 2. The molecule has 1 saturated heterocycles. The molecule has 0 aliphatic carbocycles. The van der Waals surface area contributed by atoms with E-state index in [1.807, 2.05) is 0 Å². The zero-order valence-corrected chi connectivity index (χ0v) is 11.1. The van der Waals surface area contributed by atoms with Crippen LogP contribution in [0.25, 0.3) is 0 Å². The van der Waals surface area contributed by atoms with Gasteiger partial charge in [0.2, 0.25) is 0 Å². The number of nitrogens with one attached hydrogen (secondary N) is 1. The van der Waals surface area contributed by atoms with Crippen LogP contribution in [0.5, 0.6) is 0 Å². The topological polar surface area (TPSA) is 38.3 Å². The Morgan fingerprint density at radius 2 is 2.16 bits per heavy atom. The highest BCUT2D eigenvalue weighted by molar-refractivity contribution is 7.99. The van der Waals surface area contributed by atoms with Crippen molar-refractivity contribution in [3.05, 3.63) is 29.8 Å². The number of hydrogen-bond donors (Lipinski definition) is 1. The van der Waals surface area contributed by atoms with E-state index in [9.17, 15) is 13.6 Å². The maximum absolute atomic E-state index is 12.1. The zero-order chi connectivity index (χ0) is 13.7. The van der Waals surface area contributed by atoms with Gasteiger partial charge in [-0.05, 0) is 37.1 Å². The first kappa shape index (κ1) is 14.3. The quantitative estimate of drug-likeness (QED) is 0.846. The molecule has 1 aliphatic heterocycles. The highest BCUT2D eigenvalue weighted by Crippen LogP contribution is 2.25. The fraction of sp³-hybridized carbons (Fsp3) is 0.462. The van der Waals surface area contributed by atoms with Crippen LogP contribution in [0.2, 0.25) is 0 Å². The maximum Gasteiger partial charge on any atom is 0.288 e. The molecule has 6 heteroatoms. The lowest BCUT2D eigenvalue weighted by molar-refractivity contribution is 0.0857. The predicted octanol–water partition coefficient (Wildman–Crippen LogP) is 2.91. The van der Waals surface area contributed by atoms with Crippen molar-refractivity contribution < 1.29 is 18.3 Å². The average molecular weight is 287 g/mol. The number of carbonyl (C=O) groups is 1. The van der Waals surface area contributed by atoms with Crippen LogP contribution in [0.3, 0.4) is 0 Å². The molecular weight excluding hydrogens is 272 g/mol. The van der Waals surface area contributed by atoms with Crippen molar-refractivity contribution in [2.45, 2.75) is 29.6 Å². The monoisotopic (exact) mass is 287 g/mol. The molecule has 0 bridgehead atoms. The van der Waals surface area contributed by atoms with E-state index >= 15 is 0 Å². The van der Waals surface area contributed by atoms with Crippen molar-refractivity contribution in [2.24, 2.45) is 0 Å². The molecule has 1 aromatic carbocycles. The van der Waals surface area contributed by atoms with Crippen molar-refractivity contribution in [3.8, 4) is 0 Å². The van der Waals surface area contributed by atoms with Gasteiger partial charge in [-0.1, -0.05) is 11.8 Å². The van der Waals surface area contributed by atoms with Crippen molar-refractivity contribution >= 4 is 17.7 Å². The van der Waals surface area contributed by atoms with E-state index in [-0.39, 0.29) is 12.0 Å². The van der Waals surface area contributed by atoms with E-state index < -0.39 is 5.76 Å². The van der Waals surface area contributed by atoms with Gasteiger partial charge < -0.3 is 10.1 Å². The summed E-state index contributed by atoms with van der Waals surface area (Å²) in [4.78, 5) is 12.3. The second-order valence-corrected chi connectivity index (χ2v) is 5.31. The molecule has 0 saturated carbocycles. The van der Waals surface area contributed by atoms with E-state index in [2.05, 4.69) is 5.32 Å². The number of thioether (sulfide) groups is 1. The number of rotatable bonds is 5. The first-order valence-electron chi connectivity index (χ1n) is 6.10. The van der Waals surface area contributed by atoms with Crippen molar-refractivity contribution in [3.63, 3.8) is 0 Å². The predicted molar refractivity (Wildman–Crippen MR) is 69.6 cm³/mol. The highest BCUT2D eigenvalue weighted by Gasteiger charge is 2.16. The Labute approximate surface area is 114 Å². The molecule has 2 rings (SSSR count). The van der Waals surface area contributed by atoms with E-state index in [1.165, 1.54) is 12.1 Å². The van der Waals surface area contributed by atoms with Gasteiger partial charge in [0, 0.05) is 23.6 Å². The fourth-order valence-electron chi connectivity index (χ4n) is 1.90. The Bertz CT molecular complexity index is 419. The van der Waals surface area contributed by atoms with Crippen LogP contribution in [0.1, 0.15) is 23.2 Å². The van der Waals surface area contributed by atoms with Crippen LogP contribution in [-0.4, -0.2) is 30.9 Å². The van der Waals surface area contributed by atoms with Crippen molar-refractivity contribution in [1.29, 1.82) is 0 Å². The van der Waals surface area contributed by atoms with Crippen LogP contribution in [-0.2, 0) is 4.74 Å². The standard InChI is InChI=1S/C13H15F2NO2S/c14-13(15)19-11-5-3-9(4-6-11)12(17)16-8-10-2-1-7-18-10/h3-6,10,13H,1-2,7-8H2,(H,16,17). The molecule has 104 valence electrons. The fourth-order valence-corrected chi connectivity index (χ4v) is 2.40. The number of benzene rings is 1. The van der Waals surface area contributed by atoms with Crippen LogP contribution in [0, 0.1) is 0 Å². The summed E-state index contributed by atoms with van der Waals surface area (Å²) >= 11 is 0.468. The molecule has 1 atom stereocenters. The molecule has 1 unspecified atom stereocenters. The molecule has 1 N–H and O–H groups in total. The van der Waals surface area contributed by atoms with Gasteiger partial charge >= 0.3 is 0 Å². The molecule has 1 aromatic rings. The minimum Gasteiger partial charge on any atom is -0.376 e. The summed E-state index contributed by atoms with van der Waals surface area (Å²) in [5.41, 5.74) is 0.469. The lowest BCUT2D eigenvalue weighted by atomic mass is 10.2. The first-order chi connectivity index (χ1) is 9.15. The molecular formula is C13H15F2NO2S. The van der Waals surface area contributed by atoms with Crippen LogP contribution < -0.4 is 5.32 Å². The molecule has 1 fully saturated rings. The van der Waals surface area contributed by atoms with Gasteiger partial charge in [0.25, 0.3) is 11.7 Å². The van der Waals surface area contributed by atoms with E-state index in [0.717, 1.165) is 19.4 Å². The van der Waals surface area contributed by atoms with Gasteiger partial charge in [0.1, 0.15) is 0 Å². The third-order valence-corrected chi connectivity index (χ3v) is 3.58. The van der Waals surface area contributed by atoms with E-state index in [4.69, 9.17) is 4.74 Å². The minimum absolute atomic E-state index is 0.0950. The first-order valence-corrected chi connectivity index (χ1v) is 6.98. The summed E-state index contributed by atoms with van der Waals surface area (Å²) in [5, 5.41) is 2.78. The number of ether oxygens (including phenoxy) is 1. The highest BCUT2D eigenvalue weighted by atomic mass is 32.2. The molecule has 3 nitrogen and oxygen atoms in total. The third kappa shape index (κ3) is 4.47. The zero-order valence-electron chi connectivity index (χ0n) is 10.3. The Morgan fingerprint density at radius 1 is 1.42 bits per heavy atom. The summed E-state index contributed by atoms with van der Waals surface area (Å²) in [6.07, 6.45) is 2.09. The van der Waals surface area contributed by atoms with Gasteiger partial charge in [0.15, 0.2) is 0 Å². The van der Waals surface area contributed by atoms with Crippen molar-refractivity contribution in [2.75, 3.05) is 13.2 Å². The van der Waals surface area contributed by atoms with Gasteiger partial charge in [-0.3, -0.25) is 4.79 Å². The van der Waals surface area contributed by atoms with Crippen LogP contribution >= 0.6 is 11.8 Å². The lowest BCUT2D eigenvalue weighted by Gasteiger charge is -2.11. The Balaban J connectivity index is 1.84. The molecule has 19 heavy (non-hydrogen) atoms. The second kappa shape index (κ2) is 6.86. The Morgan fingerprint density at radius 3 is 2.74 bits per heavy atom. The van der Waals surface area contributed by atoms with E-state index in [0.29, 0.717) is 28.8 Å². The SMILES string of the molecule is O=C(NCC1CCCO1)c1ccc(SC(F)F)cc1. The molecule has 1 aliphatic rings. The minimum atomic E-state index is -2.45. The molecule has 0 spiro atoms. The second-order valence-electron chi connectivity index (χ2n) is 4.25. The maximum atomic E-state index is 12.1. The Hall–Kier alpha value is -1.14. The summed E-state index contributed by atoms with van der Waals surface area (Å²) < 4.78 is 29.7. The summed E-state index contributed by atoms with van der Waals surface area (Å²) in [5.74, 6) is -2.65. The molecule has 0 radical (unpaired) electrons. The smallest absolute Gasteiger partial charge is 0.288 e. The van der Waals surface area contributed by atoms with Crippen LogP contribution in [0.15, 0.2) is 29.2 Å². The summed E-state index contributed by atoms with van der Waals surface area (Å²) in [6, 6.07) is 6.15. The van der Waals surface area contributed by atoms with Gasteiger partial charge in [-0.25, -0.2) is 0 Å². The van der Waals surface area contributed by atoms with E-state index in [1.54, 1.807) is 12.1 Å². The summed E-state index contributed by atoms with van der Waals surface area (Å²) in [7, 11) is 0. The van der Waals surface area contributed by atoms with Crippen LogP contribution in [0.4, 0.5) is 8.78 Å². The summed E-state index contributed by atoms with van der Waals surface area (Å²) in [6.45, 7) is 1.24. The third-order valence-electron chi connectivity index (χ3n) is 2.86. The normalized spacial score (nSPS) is 18.8. The average Bonchev–Trinajstić information content (AvgIpc) is 2.89. The largest absolute Gasteiger partial charge is 0.376 e. The molecule has 0 aromatic heterocycles. The van der Waals surface area contributed by atoms with Crippen molar-refractivity contribution in [1.82, 2.24) is 5.32 Å². The Kier molecular flexibility index (Phi) is 5.15. The molecule has 1 amide bonds. The lowest BCUT2D eigenvalue weighted by Crippen LogP contribution is -2.31. The van der Waals surface area contributed by atoms with Gasteiger partial charge in [-0.2, -0.15) is 8.78 Å². The number of carbonyl (C=O) groups excluding carboxylic acids is 1. The number of hydrogen-bond acceptors (Lipinski definition) is 3. The van der Waals surface area contributed by atoms with Gasteiger partial charge in [-0.15, -0.1) is 0 Å².